The summed E-state index contributed by atoms with van der Waals surface area (Å²) in [6, 6.07) is -1.45. The predicted molar refractivity (Wildman–Crippen MR) is 58.7 cm³/mol. The second-order valence-electron chi connectivity index (χ2n) is 3.60. The molecule has 1 fully saturated rings. The van der Waals surface area contributed by atoms with E-state index in [9.17, 15) is 20.1 Å². The Morgan fingerprint density at radius 1 is 1.44 bits per heavy atom. The molecule has 1 rings (SSSR count). The van der Waals surface area contributed by atoms with Crippen LogP contribution < -0.4 is 5.73 Å². The molecule has 96 valence electrons. The van der Waals surface area contributed by atoms with Gasteiger partial charge >= 0.3 is 0 Å². The summed E-state index contributed by atoms with van der Waals surface area (Å²) >= 11 is 0. The van der Waals surface area contributed by atoms with E-state index in [1.54, 1.807) is 0 Å². The van der Waals surface area contributed by atoms with Crippen molar-refractivity contribution in [3.8, 4) is 0 Å². The summed E-state index contributed by atoms with van der Waals surface area (Å²) in [5, 5.41) is 37.4. The summed E-state index contributed by atoms with van der Waals surface area (Å²) in [4.78, 5) is 11.1. The fraction of sp³-hybridized carbons (Fsp3) is 0.875. The molecule has 0 radical (unpaired) electrons. The molecular formula is C8H18NO6P. The fourth-order valence-corrected chi connectivity index (χ4v) is 1.51. The number of hydrogen-bond acceptors (Lipinski definition) is 7. The first kappa shape index (κ1) is 15.9. The number of Topliss-reactive ketones (excluding diaryl/α,β-unsaturated/α-hetero) is 1. The number of aliphatic hydroxyl groups excluding tert-OH is 3. The molecule has 0 spiro atoms. The minimum atomic E-state index is -2.37. The van der Waals surface area contributed by atoms with Gasteiger partial charge in [-0.1, -0.05) is 0 Å². The van der Waals surface area contributed by atoms with Gasteiger partial charge in [-0.15, -0.1) is 0 Å². The van der Waals surface area contributed by atoms with Crippen LogP contribution in [-0.4, -0.2) is 63.0 Å². The second-order valence-corrected chi connectivity index (χ2v) is 3.60. The highest BCUT2D eigenvalue weighted by atomic mass is 31.0. The molecule has 1 aliphatic heterocycles. The van der Waals surface area contributed by atoms with Crippen molar-refractivity contribution in [1.82, 2.24) is 0 Å². The third-order valence-corrected chi connectivity index (χ3v) is 2.57. The highest BCUT2D eigenvalue weighted by Gasteiger charge is 2.54. The highest BCUT2D eigenvalue weighted by Crippen LogP contribution is 2.27. The Morgan fingerprint density at radius 2 is 1.94 bits per heavy atom. The Kier molecular flexibility index (Phi) is 5.41. The van der Waals surface area contributed by atoms with Crippen molar-refractivity contribution in [2.75, 3.05) is 6.61 Å². The van der Waals surface area contributed by atoms with Gasteiger partial charge in [-0.25, -0.2) is 0 Å². The SMILES string of the molecule is CC(=O)C1(O)O[C@H](CO)[C@@H](O)[C@H](O)[C@H]1N.P. The summed E-state index contributed by atoms with van der Waals surface area (Å²) in [6.45, 7) is 0.402. The molecule has 0 amide bonds. The number of nitrogens with two attached hydrogens (primary N) is 1. The Morgan fingerprint density at radius 3 is 2.31 bits per heavy atom. The molecule has 8 heteroatoms. The molecule has 1 saturated heterocycles. The Balaban J connectivity index is 0.00000225. The average Bonchev–Trinajstić information content (AvgIpc) is 2.20. The van der Waals surface area contributed by atoms with Crippen LogP contribution in [0.2, 0.25) is 0 Å². The maximum atomic E-state index is 11.1. The number of carbonyl (C=O) groups is 1. The van der Waals surface area contributed by atoms with Gasteiger partial charge in [-0.2, -0.15) is 9.90 Å². The van der Waals surface area contributed by atoms with E-state index >= 15 is 0 Å². The van der Waals surface area contributed by atoms with E-state index in [0.29, 0.717) is 0 Å². The summed E-state index contributed by atoms with van der Waals surface area (Å²) in [7, 11) is 0. The van der Waals surface area contributed by atoms with Crippen LogP contribution in [0, 0.1) is 0 Å². The molecule has 16 heavy (non-hydrogen) atoms. The normalized spacial score (nSPS) is 43.6. The molecule has 7 nitrogen and oxygen atoms in total. The molecule has 0 aromatic heterocycles. The number of rotatable bonds is 2. The van der Waals surface area contributed by atoms with E-state index < -0.39 is 42.5 Å². The number of ether oxygens (including phenoxy) is 1. The van der Waals surface area contributed by atoms with Crippen LogP contribution in [0.1, 0.15) is 6.92 Å². The van der Waals surface area contributed by atoms with Crippen LogP contribution in [0.3, 0.4) is 0 Å². The van der Waals surface area contributed by atoms with Gasteiger partial charge in [0.2, 0.25) is 5.79 Å². The molecular weight excluding hydrogens is 237 g/mol. The number of aliphatic hydroxyl groups is 4. The molecule has 6 N–H and O–H groups in total. The van der Waals surface area contributed by atoms with Crippen molar-refractivity contribution in [3.05, 3.63) is 0 Å². The average molecular weight is 255 g/mol. The molecule has 2 unspecified atom stereocenters. The van der Waals surface area contributed by atoms with Crippen LogP contribution in [0.15, 0.2) is 0 Å². The Bertz CT molecular complexity index is 263. The molecule has 0 bridgehead atoms. The first-order valence-corrected chi connectivity index (χ1v) is 4.48. The molecule has 0 aromatic carbocycles. The van der Waals surface area contributed by atoms with Crippen LogP contribution in [-0.2, 0) is 9.53 Å². The van der Waals surface area contributed by atoms with Crippen LogP contribution in [0.4, 0.5) is 0 Å². The third-order valence-electron chi connectivity index (χ3n) is 2.57. The van der Waals surface area contributed by atoms with Crippen LogP contribution in [0.25, 0.3) is 0 Å². The van der Waals surface area contributed by atoms with E-state index in [0.717, 1.165) is 6.92 Å². The predicted octanol–water partition coefficient (Wildman–Crippen LogP) is -3.24. The van der Waals surface area contributed by atoms with Gasteiger partial charge in [0.05, 0.1) is 12.6 Å². The maximum absolute atomic E-state index is 11.1. The van der Waals surface area contributed by atoms with Crippen molar-refractivity contribution in [1.29, 1.82) is 0 Å². The Labute approximate surface area is 95.8 Å². The minimum Gasteiger partial charge on any atom is -0.394 e. The van der Waals surface area contributed by atoms with Crippen LogP contribution >= 0.6 is 9.90 Å². The maximum Gasteiger partial charge on any atom is 0.244 e. The lowest BCUT2D eigenvalue weighted by Gasteiger charge is -2.44. The summed E-state index contributed by atoms with van der Waals surface area (Å²) < 4.78 is 4.80. The van der Waals surface area contributed by atoms with Crippen LogP contribution in [0.5, 0.6) is 0 Å². The van der Waals surface area contributed by atoms with Gasteiger partial charge in [0, 0.05) is 6.92 Å². The van der Waals surface area contributed by atoms with Gasteiger partial charge < -0.3 is 30.9 Å². The largest absolute Gasteiger partial charge is 0.394 e. The van der Waals surface area contributed by atoms with Gasteiger partial charge in [0.15, 0.2) is 5.78 Å². The zero-order valence-electron chi connectivity index (χ0n) is 8.91. The first-order chi connectivity index (χ1) is 6.84. The van der Waals surface area contributed by atoms with E-state index in [4.69, 9.17) is 15.6 Å². The summed E-state index contributed by atoms with van der Waals surface area (Å²) in [5.74, 6) is -3.16. The number of carbonyl (C=O) groups excluding carboxylic acids is 1. The van der Waals surface area contributed by atoms with Crippen molar-refractivity contribution >= 4 is 15.7 Å². The zero-order valence-corrected chi connectivity index (χ0v) is 10.3. The monoisotopic (exact) mass is 255 g/mol. The molecule has 1 aliphatic rings. The zero-order chi connectivity index (χ0) is 11.8. The van der Waals surface area contributed by atoms with Crippen molar-refractivity contribution in [3.63, 3.8) is 0 Å². The summed E-state index contributed by atoms with van der Waals surface area (Å²) in [5.41, 5.74) is 5.38. The molecule has 0 saturated carbocycles. The van der Waals surface area contributed by atoms with E-state index in [1.807, 2.05) is 0 Å². The Hall–Kier alpha value is -0.140. The third kappa shape index (κ3) is 2.41. The standard InChI is InChI=1S/C8H15NO6.H3P/c1-3(11)8(14)7(9)6(13)5(12)4(2-10)15-8;/h4-7,10,12-14H,2,9H2,1H3;1H3/t4-,5-,6+,7-,8?;/m1./s1. The topological polar surface area (TPSA) is 133 Å². The smallest absolute Gasteiger partial charge is 0.244 e. The molecule has 0 aromatic rings. The fourth-order valence-electron chi connectivity index (χ4n) is 1.51. The van der Waals surface area contributed by atoms with E-state index in [-0.39, 0.29) is 9.90 Å². The van der Waals surface area contributed by atoms with Crippen molar-refractivity contribution in [2.24, 2.45) is 5.73 Å². The van der Waals surface area contributed by atoms with Gasteiger partial charge in [0.25, 0.3) is 0 Å². The van der Waals surface area contributed by atoms with E-state index in [1.165, 1.54) is 0 Å². The first-order valence-electron chi connectivity index (χ1n) is 4.48. The minimum absolute atomic E-state index is 0. The molecule has 1 heterocycles. The van der Waals surface area contributed by atoms with Crippen molar-refractivity contribution in [2.45, 2.75) is 37.1 Å². The molecule has 0 aliphatic carbocycles. The van der Waals surface area contributed by atoms with E-state index in [2.05, 4.69) is 0 Å². The van der Waals surface area contributed by atoms with Gasteiger partial charge in [-0.05, 0) is 0 Å². The second kappa shape index (κ2) is 5.46. The lowest BCUT2D eigenvalue weighted by Crippen LogP contribution is -2.70. The van der Waals surface area contributed by atoms with Gasteiger partial charge in [0.1, 0.15) is 18.3 Å². The lowest BCUT2D eigenvalue weighted by atomic mass is 9.89. The number of hydrogen-bond donors (Lipinski definition) is 5. The lowest BCUT2D eigenvalue weighted by molar-refractivity contribution is -0.296. The summed E-state index contributed by atoms with van der Waals surface area (Å²) in [6.07, 6.45) is -4.22. The molecule has 6 atom stereocenters. The van der Waals surface area contributed by atoms with Gasteiger partial charge in [-0.3, -0.25) is 4.79 Å². The quantitative estimate of drug-likeness (QED) is 0.327. The van der Waals surface area contributed by atoms with Crippen molar-refractivity contribution < 1.29 is 30.0 Å². The number of ketones is 1. The highest BCUT2D eigenvalue weighted by molar-refractivity contribution is 6.92.